The maximum absolute atomic E-state index is 5.24. The number of hydrogen-bond acceptors (Lipinski definition) is 4. The lowest BCUT2D eigenvalue weighted by Crippen LogP contribution is -2.45. The molecule has 3 aromatic rings. The Morgan fingerprint density at radius 1 is 1.06 bits per heavy atom. The molecule has 0 fully saturated rings. The number of aliphatic imine (C=N–C) groups is 1. The van der Waals surface area contributed by atoms with Crippen molar-refractivity contribution in [2.24, 2.45) is 12.0 Å². The minimum absolute atomic E-state index is 0. The summed E-state index contributed by atoms with van der Waals surface area (Å²) in [6, 6.07) is 18.9. The zero-order valence-corrected chi connectivity index (χ0v) is 22.4. The molecule has 1 heterocycles. The van der Waals surface area contributed by atoms with Gasteiger partial charge in [0.05, 0.1) is 7.11 Å². The van der Waals surface area contributed by atoms with Gasteiger partial charge in [-0.2, -0.15) is 0 Å². The minimum Gasteiger partial charge on any atom is -0.497 e. The van der Waals surface area contributed by atoms with Crippen molar-refractivity contribution in [1.29, 1.82) is 0 Å². The van der Waals surface area contributed by atoms with Gasteiger partial charge in [-0.05, 0) is 43.5 Å². The topological polar surface area (TPSA) is 76.4 Å². The molecule has 33 heavy (non-hydrogen) atoms. The largest absolute Gasteiger partial charge is 0.497 e. The third kappa shape index (κ3) is 7.73. The SMILES string of the molecule is COc1ccc(CCNC(=NCc2nnc(C)n2C)NC(C)C(C)c2ccccc2)cc1.I. The number of hydrogen-bond donors (Lipinski definition) is 2. The van der Waals surface area contributed by atoms with E-state index in [2.05, 4.69) is 71.1 Å². The Morgan fingerprint density at radius 3 is 2.36 bits per heavy atom. The highest BCUT2D eigenvalue weighted by Crippen LogP contribution is 2.18. The van der Waals surface area contributed by atoms with Crippen molar-refractivity contribution in [3.63, 3.8) is 0 Å². The van der Waals surface area contributed by atoms with Crippen molar-refractivity contribution in [3.05, 3.63) is 77.4 Å². The molecule has 2 aromatic carbocycles. The van der Waals surface area contributed by atoms with Crippen molar-refractivity contribution >= 4 is 29.9 Å². The number of rotatable bonds is 9. The van der Waals surface area contributed by atoms with E-state index in [0.29, 0.717) is 12.5 Å². The Morgan fingerprint density at radius 2 is 1.76 bits per heavy atom. The number of aryl methyl sites for hydroxylation is 1. The maximum atomic E-state index is 5.24. The summed E-state index contributed by atoms with van der Waals surface area (Å²) in [5, 5.41) is 15.4. The number of guanidine groups is 1. The zero-order valence-electron chi connectivity index (χ0n) is 20.1. The zero-order chi connectivity index (χ0) is 22.9. The fourth-order valence-electron chi connectivity index (χ4n) is 3.39. The average Bonchev–Trinajstić information content (AvgIpc) is 3.15. The van der Waals surface area contributed by atoms with Gasteiger partial charge in [-0.3, -0.25) is 0 Å². The first-order chi connectivity index (χ1) is 15.5. The predicted octanol–water partition coefficient (Wildman–Crippen LogP) is 4.22. The molecule has 0 saturated heterocycles. The lowest BCUT2D eigenvalue weighted by Gasteiger charge is -2.24. The molecule has 0 spiro atoms. The fraction of sp³-hybridized carbons (Fsp3) is 0.400. The quantitative estimate of drug-likeness (QED) is 0.232. The van der Waals surface area contributed by atoms with Gasteiger partial charge >= 0.3 is 0 Å². The summed E-state index contributed by atoms with van der Waals surface area (Å²) in [4.78, 5) is 4.79. The number of aromatic nitrogens is 3. The van der Waals surface area contributed by atoms with Gasteiger partial charge in [0.15, 0.2) is 11.8 Å². The number of ether oxygens (including phenoxy) is 1. The van der Waals surface area contributed by atoms with E-state index in [0.717, 1.165) is 36.3 Å². The lowest BCUT2D eigenvalue weighted by atomic mass is 9.94. The number of halogens is 1. The van der Waals surface area contributed by atoms with Gasteiger partial charge in [0.1, 0.15) is 18.1 Å². The van der Waals surface area contributed by atoms with Crippen LogP contribution in [-0.4, -0.2) is 40.4 Å². The van der Waals surface area contributed by atoms with Crippen molar-refractivity contribution in [1.82, 2.24) is 25.4 Å². The number of methoxy groups -OCH3 is 1. The van der Waals surface area contributed by atoms with Crippen molar-refractivity contribution in [2.45, 2.75) is 45.7 Å². The van der Waals surface area contributed by atoms with Crippen LogP contribution in [0, 0.1) is 6.92 Å². The number of nitrogens with one attached hydrogen (secondary N) is 2. The van der Waals surface area contributed by atoms with Crippen LogP contribution in [0.4, 0.5) is 0 Å². The van der Waals surface area contributed by atoms with Crippen molar-refractivity contribution < 1.29 is 4.74 Å². The van der Waals surface area contributed by atoms with Crippen molar-refractivity contribution in [2.75, 3.05) is 13.7 Å². The van der Waals surface area contributed by atoms with Gasteiger partial charge in [0.2, 0.25) is 0 Å². The Hall–Kier alpha value is -2.62. The van der Waals surface area contributed by atoms with Crippen LogP contribution in [0.5, 0.6) is 5.75 Å². The molecule has 0 aliphatic heterocycles. The van der Waals surface area contributed by atoms with Crippen LogP contribution < -0.4 is 15.4 Å². The molecule has 8 heteroatoms. The Balaban J connectivity index is 0.00000385. The Bertz CT molecular complexity index is 1000. The first-order valence-electron chi connectivity index (χ1n) is 11.1. The van der Waals surface area contributed by atoms with E-state index >= 15 is 0 Å². The Labute approximate surface area is 214 Å². The summed E-state index contributed by atoms with van der Waals surface area (Å²) in [5.74, 6) is 3.69. The van der Waals surface area contributed by atoms with Gasteiger partial charge < -0.3 is 19.9 Å². The molecular weight excluding hydrogens is 527 g/mol. The van der Waals surface area contributed by atoms with E-state index in [-0.39, 0.29) is 30.0 Å². The molecule has 0 aliphatic carbocycles. The molecular formula is C25H35IN6O. The summed E-state index contributed by atoms with van der Waals surface area (Å²) < 4.78 is 7.21. The van der Waals surface area contributed by atoms with E-state index in [4.69, 9.17) is 9.73 Å². The monoisotopic (exact) mass is 562 g/mol. The highest BCUT2D eigenvalue weighted by molar-refractivity contribution is 14.0. The molecule has 0 saturated carbocycles. The summed E-state index contributed by atoms with van der Waals surface area (Å²) in [6.07, 6.45) is 0.885. The third-order valence-corrected chi connectivity index (χ3v) is 5.87. The summed E-state index contributed by atoms with van der Waals surface area (Å²) >= 11 is 0. The lowest BCUT2D eigenvalue weighted by molar-refractivity contribution is 0.414. The average molecular weight is 563 g/mol. The van der Waals surface area contributed by atoms with Gasteiger partial charge in [-0.15, -0.1) is 34.2 Å². The first-order valence-corrected chi connectivity index (χ1v) is 11.1. The molecule has 0 aliphatic rings. The van der Waals surface area contributed by atoms with Crippen LogP contribution in [0.2, 0.25) is 0 Å². The van der Waals surface area contributed by atoms with Gasteiger partial charge in [-0.1, -0.05) is 49.4 Å². The number of benzene rings is 2. The standard InChI is InChI=1S/C25H34N6O.HI/c1-18(22-9-7-6-8-10-22)19(2)28-25(27-17-24-30-29-20(3)31(24)4)26-16-15-21-11-13-23(32-5)14-12-21;/h6-14,18-19H,15-17H2,1-5H3,(H2,26,27,28);1H. The van der Waals surface area contributed by atoms with E-state index < -0.39 is 0 Å². The normalized spacial score (nSPS) is 13.1. The summed E-state index contributed by atoms with van der Waals surface area (Å²) in [6.45, 7) is 7.58. The smallest absolute Gasteiger partial charge is 0.191 e. The third-order valence-electron chi connectivity index (χ3n) is 5.87. The van der Waals surface area contributed by atoms with E-state index in [1.807, 2.05) is 36.7 Å². The van der Waals surface area contributed by atoms with Crippen LogP contribution in [0.25, 0.3) is 0 Å². The van der Waals surface area contributed by atoms with E-state index in [9.17, 15) is 0 Å². The highest BCUT2D eigenvalue weighted by atomic mass is 127. The van der Waals surface area contributed by atoms with Crippen LogP contribution in [0.1, 0.15) is 42.5 Å². The molecule has 0 amide bonds. The summed E-state index contributed by atoms with van der Waals surface area (Å²) in [7, 11) is 3.64. The molecule has 1 aromatic heterocycles. The molecule has 2 atom stereocenters. The second kappa shape index (κ2) is 13.2. The maximum Gasteiger partial charge on any atom is 0.191 e. The van der Waals surface area contributed by atoms with Gasteiger partial charge in [0.25, 0.3) is 0 Å². The van der Waals surface area contributed by atoms with Crippen LogP contribution in [0.3, 0.4) is 0 Å². The van der Waals surface area contributed by atoms with E-state index in [1.54, 1.807) is 7.11 Å². The van der Waals surface area contributed by atoms with Gasteiger partial charge in [-0.25, -0.2) is 4.99 Å². The van der Waals surface area contributed by atoms with Crippen LogP contribution in [0.15, 0.2) is 59.6 Å². The van der Waals surface area contributed by atoms with Gasteiger partial charge in [0, 0.05) is 25.6 Å². The number of nitrogens with zero attached hydrogens (tertiary/aromatic N) is 4. The predicted molar refractivity (Wildman–Crippen MR) is 144 cm³/mol. The fourth-order valence-corrected chi connectivity index (χ4v) is 3.39. The Kier molecular flexibility index (Phi) is 10.6. The molecule has 0 bridgehead atoms. The first kappa shape index (κ1) is 26.6. The molecule has 2 N–H and O–H groups in total. The second-order valence-corrected chi connectivity index (χ2v) is 8.04. The minimum atomic E-state index is 0. The van der Waals surface area contributed by atoms with E-state index in [1.165, 1.54) is 11.1 Å². The molecule has 3 rings (SSSR count). The van der Waals surface area contributed by atoms with Crippen molar-refractivity contribution in [3.8, 4) is 5.75 Å². The van der Waals surface area contributed by atoms with Crippen LogP contribution >= 0.6 is 24.0 Å². The van der Waals surface area contributed by atoms with Crippen LogP contribution in [-0.2, 0) is 20.0 Å². The molecule has 7 nitrogen and oxygen atoms in total. The molecule has 178 valence electrons. The molecule has 2 unspecified atom stereocenters. The second-order valence-electron chi connectivity index (χ2n) is 8.04. The summed E-state index contributed by atoms with van der Waals surface area (Å²) in [5.41, 5.74) is 2.54. The molecule has 0 radical (unpaired) electrons. The highest BCUT2D eigenvalue weighted by Gasteiger charge is 2.16.